The van der Waals surface area contributed by atoms with Crippen LogP contribution in [0.2, 0.25) is 0 Å². The van der Waals surface area contributed by atoms with Gasteiger partial charge in [0.1, 0.15) is 0 Å². The zero-order valence-electron chi connectivity index (χ0n) is 15.8. The second kappa shape index (κ2) is 8.94. The summed E-state index contributed by atoms with van der Waals surface area (Å²) in [5, 5.41) is 3.03. The molecular formula is C20H26ClN3O3S. The van der Waals surface area contributed by atoms with Gasteiger partial charge in [0.05, 0.1) is 16.1 Å². The first-order chi connectivity index (χ1) is 12.9. The minimum absolute atomic E-state index is 0. The molecule has 1 saturated carbocycles. The molecule has 1 fully saturated rings. The van der Waals surface area contributed by atoms with Crippen LogP contribution in [0.15, 0.2) is 53.4 Å². The summed E-state index contributed by atoms with van der Waals surface area (Å²) in [6.45, 7) is 2.24. The lowest BCUT2D eigenvalue weighted by Crippen LogP contribution is -2.51. The molecule has 0 heterocycles. The number of sulfonamides is 1. The van der Waals surface area contributed by atoms with Crippen LogP contribution in [-0.2, 0) is 10.0 Å². The summed E-state index contributed by atoms with van der Waals surface area (Å²) >= 11 is 0. The summed E-state index contributed by atoms with van der Waals surface area (Å²) in [4.78, 5) is 12.6. The van der Waals surface area contributed by atoms with Crippen LogP contribution in [0, 0.1) is 6.92 Å². The predicted octanol–water partition coefficient (Wildman–Crippen LogP) is 3.22. The Morgan fingerprint density at radius 3 is 2.25 bits per heavy atom. The summed E-state index contributed by atoms with van der Waals surface area (Å²) in [6, 6.07) is 13.1. The van der Waals surface area contributed by atoms with Gasteiger partial charge in [-0.3, -0.25) is 9.52 Å². The molecule has 2 aromatic carbocycles. The van der Waals surface area contributed by atoms with Crippen LogP contribution in [0.3, 0.4) is 0 Å². The van der Waals surface area contributed by atoms with E-state index in [-0.39, 0.29) is 28.7 Å². The van der Waals surface area contributed by atoms with Crippen molar-refractivity contribution in [3.05, 3.63) is 59.7 Å². The number of halogens is 1. The third-order valence-corrected chi connectivity index (χ3v) is 6.53. The van der Waals surface area contributed by atoms with E-state index in [1.54, 1.807) is 12.1 Å². The molecule has 8 heteroatoms. The monoisotopic (exact) mass is 423 g/mol. The van der Waals surface area contributed by atoms with Crippen molar-refractivity contribution in [3.8, 4) is 0 Å². The fraction of sp³-hybridized carbons (Fsp3) is 0.350. The fourth-order valence-corrected chi connectivity index (χ4v) is 4.55. The van der Waals surface area contributed by atoms with E-state index in [4.69, 9.17) is 5.73 Å². The molecule has 152 valence electrons. The molecule has 0 aromatic heterocycles. The maximum absolute atomic E-state index is 12.6. The van der Waals surface area contributed by atoms with Crippen molar-refractivity contribution in [3.63, 3.8) is 0 Å². The molecule has 0 atom stereocenters. The highest BCUT2D eigenvalue weighted by Gasteiger charge is 2.34. The number of carbonyl (C=O) groups excluding carboxylic acids is 1. The highest BCUT2D eigenvalue weighted by atomic mass is 35.5. The quantitative estimate of drug-likeness (QED) is 0.663. The molecule has 4 N–H and O–H groups in total. The highest BCUT2D eigenvalue weighted by Crippen LogP contribution is 2.29. The SMILES string of the molecule is Cc1ccccc1NS(=O)(=O)c1ccc(C(=O)NC2(CN)CCCC2)cc1.Cl. The first-order valence-corrected chi connectivity index (χ1v) is 10.5. The van der Waals surface area contributed by atoms with E-state index in [1.165, 1.54) is 24.3 Å². The van der Waals surface area contributed by atoms with E-state index in [1.807, 2.05) is 19.1 Å². The van der Waals surface area contributed by atoms with Crippen LogP contribution in [0.1, 0.15) is 41.6 Å². The Balaban J connectivity index is 0.00000280. The number of rotatable bonds is 6. The van der Waals surface area contributed by atoms with E-state index >= 15 is 0 Å². The van der Waals surface area contributed by atoms with Crippen molar-refractivity contribution < 1.29 is 13.2 Å². The van der Waals surface area contributed by atoms with Crippen molar-refractivity contribution in [2.45, 2.75) is 43.0 Å². The van der Waals surface area contributed by atoms with Gasteiger partial charge < -0.3 is 11.1 Å². The number of nitrogens with one attached hydrogen (secondary N) is 2. The van der Waals surface area contributed by atoms with Crippen LogP contribution in [-0.4, -0.2) is 26.4 Å². The van der Waals surface area contributed by atoms with Crippen LogP contribution in [0.25, 0.3) is 0 Å². The molecule has 0 unspecified atom stereocenters. The summed E-state index contributed by atoms with van der Waals surface area (Å²) < 4.78 is 27.7. The minimum atomic E-state index is -3.72. The lowest BCUT2D eigenvalue weighted by molar-refractivity contribution is 0.0903. The zero-order valence-corrected chi connectivity index (χ0v) is 17.4. The van der Waals surface area contributed by atoms with Gasteiger partial charge in [0.15, 0.2) is 0 Å². The molecule has 0 bridgehead atoms. The Kier molecular flexibility index (Phi) is 7.09. The molecular weight excluding hydrogens is 398 g/mol. The molecule has 3 rings (SSSR count). The number of aryl methyl sites for hydroxylation is 1. The van der Waals surface area contributed by atoms with E-state index in [0.29, 0.717) is 17.8 Å². The van der Waals surface area contributed by atoms with Gasteiger partial charge in [0, 0.05) is 12.1 Å². The number of hydrogen-bond acceptors (Lipinski definition) is 4. The third kappa shape index (κ3) is 4.84. The standard InChI is InChI=1S/C20H25N3O3S.ClH/c1-15-6-2-3-7-18(15)23-27(25,26)17-10-8-16(9-11-17)19(24)22-20(14-21)12-4-5-13-20;/h2-3,6-11,23H,4-5,12-14,21H2,1H3,(H,22,24);1H. The summed E-state index contributed by atoms with van der Waals surface area (Å²) in [5.74, 6) is -0.224. The van der Waals surface area contributed by atoms with Crippen molar-refractivity contribution in [2.24, 2.45) is 5.73 Å². The maximum Gasteiger partial charge on any atom is 0.261 e. The second-order valence-electron chi connectivity index (χ2n) is 7.09. The number of anilines is 1. The topological polar surface area (TPSA) is 101 Å². The smallest absolute Gasteiger partial charge is 0.261 e. The molecule has 6 nitrogen and oxygen atoms in total. The Labute approximate surface area is 172 Å². The minimum Gasteiger partial charge on any atom is -0.345 e. The van der Waals surface area contributed by atoms with Crippen LogP contribution in [0.4, 0.5) is 5.69 Å². The first kappa shape index (κ1) is 22.2. The molecule has 0 aliphatic heterocycles. The van der Waals surface area contributed by atoms with Crippen LogP contribution in [0.5, 0.6) is 0 Å². The molecule has 2 aromatic rings. The van der Waals surface area contributed by atoms with E-state index in [9.17, 15) is 13.2 Å². The second-order valence-corrected chi connectivity index (χ2v) is 8.77. The number of carbonyl (C=O) groups is 1. The molecule has 28 heavy (non-hydrogen) atoms. The molecule has 0 radical (unpaired) electrons. The van der Waals surface area contributed by atoms with Gasteiger partial charge in [-0.05, 0) is 55.7 Å². The summed E-state index contributed by atoms with van der Waals surface area (Å²) in [7, 11) is -3.72. The Morgan fingerprint density at radius 2 is 1.68 bits per heavy atom. The van der Waals surface area contributed by atoms with Crippen LogP contribution >= 0.6 is 12.4 Å². The van der Waals surface area contributed by atoms with E-state index in [2.05, 4.69) is 10.0 Å². The van der Waals surface area contributed by atoms with E-state index in [0.717, 1.165) is 31.2 Å². The van der Waals surface area contributed by atoms with Crippen molar-refractivity contribution in [1.29, 1.82) is 0 Å². The van der Waals surface area contributed by atoms with Gasteiger partial charge in [0.2, 0.25) is 0 Å². The van der Waals surface area contributed by atoms with Crippen molar-refractivity contribution in [2.75, 3.05) is 11.3 Å². The van der Waals surface area contributed by atoms with Gasteiger partial charge in [-0.2, -0.15) is 0 Å². The zero-order chi connectivity index (χ0) is 19.5. The first-order valence-electron chi connectivity index (χ1n) is 9.06. The molecule has 0 spiro atoms. The maximum atomic E-state index is 12.6. The average molecular weight is 424 g/mol. The summed E-state index contributed by atoms with van der Waals surface area (Å²) in [5.41, 5.74) is 7.31. The number of hydrogen-bond donors (Lipinski definition) is 3. The molecule has 1 aliphatic rings. The number of para-hydroxylation sites is 1. The van der Waals surface area contributed by atoms with E-state index < -0.39 is 10.0 Å². The number of benzene rings is 2. The molecule has 0 saturated heterocycles. The van der Waals surface area contributed by atoms with Gasteiger partial charge in [0.25, 0.3) is 15.9 Å². The lowest BCUT2D eigenvalue weighted by atomic mass is 9.97. The highest BCUT2D eigenvalue weighted by molar-refractivity contribution is 7.92. The Bertz CT molecular complexity index is 924. The van der Waals surface area contributed by atoms with Gasteiger partial charge in [-0.1, -0.05) is 31.0 Å². The number of amides is 1. The summed E-state index contributed by atoms with van der Waals surface area (Å²) in [6.07, 6.45) is 3.86. The van der Waals surface area contributed by atoms with Gasteiger partial charge in [-0.25, -0.2) is 8.42 Å². The largest absolute Gasteiger partial charge is 0.345 e. The van der Waals surface area contributed by atoms with Crippen molar-refractivity contribution in [1.82, 2.24) is 5.32 Å². The van der Waals surface area contributed by atoms with Crippen molar-refractivity contribution >= 4 is 34.0 Å². The Hall–Kier alpha value is -2.09. The lowest BCUT2D eigenvalue weighted by Gasteiger charge is -2.28. The normalized spacial score (nSPS) is 15.5. The fourth-order valence-electron chi connectivity index (χ4n) is 3.42. The Morgan fingerprint density at radius 1 is 1.07 bits per heavy atom. The molecule has 1 amide bonds. The third-order valence-electron chi connectivity index (χ3n) is 5.15. The van der Waals surface area contributed by atoms with Gasteiger partial charge >= 0.3 is 0 Å². The average Bonchev–Trinajstić information content (AvgIpc) is 3.12. The molecule has 1 aliphatic carbocycles. The number of nitrogens with two attached hydrogens (primary N) is 1. The van der Waals surface area contributed by atoms with Gasteiger partial charge in [-0.15, -0.1) is 12.4 Å². The predicted molar refractivity (Wildman–Crippen MR) is 113 cm³/mol. The van der Waals surface area contributed by atoms with Crippen LogP contribution < -0.4 is 15.8 Å².